The molecule has 4 aromatic carbocycles. The molecule has 0 atom stereocenters. The predicted octanol–water partition coefficient (Wildman–Crippen LogP) is 9.42. The Labute approximate surface area is 322 Å². The number of piperidine rings is 2. The van der Waals surface area contributed by atoms with Crippen LogP contribution in [0.25, 0.3) is 22.3 Å². The first-order valence-electron chi connectivity index (χ1n) is 17.9. The van der Waals surface area contributed by atoms with Crippen LogP contribution in [0.5, 0.6) is 0 Å². The third-order valence-electron chi connectivity index (χ3n) is 10.8. The van der Waals surface area contributed by atoms with E-state index in [1.807, 2.05) is 48.5 Å². The van der Waals surface area contributed by atoms with E-state index >= 15 is 0 Å². The Kier molecular flexibility index (Phi) is 13.2. The van der Waals surface area contributed by atoms with E-state index in [9.17, 15) is 19.2 Å². The van der Waals surface area contributed by atoms with Gasteiger partial charge in [0.2, 0.25) is 5.24 Å². The van der Waals surface area contributed by atoms with Crippen molar-refractivity contribution in [3.8, 4) is 22.3 Å². The molecule has 0 radical (unpaired) electrons. The second kappa shape index (κ2) is 17.8. The zero-order valence-corrected chi connectivity index (χ0v) is 29.5. The molecule has 2 fully saturated rings. The molecule has 0 saturated carbocycles. The van der Waals surface area contributed by atoms with E-state index in [2.05, 4.69) is 48.5 Å². The van der Waals surface area contributed by atoms with Crippen LogP contribution >= 0.6 is 11.6 Å². The fourth-order valence-electron chi connectivity index (χ4n) is 7.97. The molecule has 0 unspecified atom stereocenters. The monoisotopic (exact) mass is 752 g/mol. The van der Waals surface area contributed by atoms with Crippen LogP contribution in [0, 0.1) is 11.8 Å². The van der Waals surface area contributed by atoms with Crippen LogP contribution in [0.15, 0.2) is 97.1 Å². The van der Waals surface area contributed by atoms with E-state index in [1.54, 1.807) is 9.80 Å². The number of aliphatic carboxylic acids is 1. The summed E-state index contributed by atoms with van der Waals surface area (Å²) < 4.78 is 11.3. The maximum Gasteiger partial charge on any atom is 0.409 e. The number of rotatable bonds is 6. The van der Waals surface area contributed by atoms with Gasteiger partial charge in [-0.25, -0.2) is 9.59 Å². The largest absolute Gasteiger partial charge is 0.481 e. The third kappa shape index (κ3) is 8.31. The molecule has 284 valence electrons. The summed E-state index contributed by atoms with van der Waals surface area (Å²) in [6.07, 6.45) is 1.51. The van der Waals surface area contributed by atoms with Gasteiger partial charge in [-0.3, -0.25) is 9.59 Å². The van der Waals surface area contributed by atoms with Gasteiger partial charge >= 0.3 is 18.2 Å². The molecule has 4 aromatic rings. The number of nitrogens with zero attached hydrogens (tertiary/aromatic N) is 2. The van der Waals surface area contributed by atoms with Crippen molar-refractivity contribution < 1.29 is 33.8 Å². The van der Waals surface area contributed by atoms with Crippen molar-refractivity contribution in [2.45, 2.75) is 52.4 Å². The number of ether oxygens (including phenoxy) is 2. The molecule has 2 heterocycles. The lowest BCUT2D eigenvalue weighted by atomic mass is 9.97. The van der Waals surface area contributed by atoms with Crippen LogP contribution in [-0.2, 0) is 19.1 Å². The van der Waals surface area contributed by atoms with Crippen LogP contribution in [0.3, 0.4) is 0 Å². The fourth-order valence-corrected chi connectivity index (χ4v) is 8.19. The van der Waals surface area contributed by atoms with Gasteiger partial charge in [-0.1, -0.05) is 112 Å². The van der Waals surface area contributed by atoms with Crippen LogP contribution in [-0.4, -0.2) is 77.7 Å². The van der Waals surface area contributed by atoms with Gasteiger partial charge in [0.05, 0.1) is 5.92 Å². The highest BCUT2D eigenvalue weighted by atomic mass is 35.5. The summed E-state index contributed by atoms with van der Waals surface area (Å²) in [4.78, 5) is 50.4. The molecule has 2 aliphatic carbocycles. The van der Waals surface area contributed by atoms with Crippen molar-refractivity contribution in [1.82, 2.24) is 9.80 Å². The Bertz CT molecular complexity index is 1730. The van der Waals surface area contributed by atoms with E-state index in [0.29, 0.717) is 65.1 Å². The standard InChI is InChI=1S/C21H20ClNO3.C21H21NO4.2CH4/c22-20(24)14-9-11-23(12-10-14)21(25)26-13-19-17-7-3-1-5-15(17)16-6-2-4-8-18(16)19;23-20(24)14-9-11-22(12-10-14)21(25)26-13-19-17-7-3-1-5-15(17)16-6-2-4-8-18(16)19;;/h1-8,14,19H,9-13H2;1-8,14,19H,9-13H2,(H,23,24);2*1H4. The summed E-state index contributed by atoms with van der Waals surface area (Å²) >= 11 is 5.55. The summed E-state index contributed by atoms with van der Waals surface area (Å²) in [5, 5.41) is 8.75. The highest BCUT2D eigenvalue weighted by Crippen LogP contribution is 2.45. The van der Waals surface area contributed by atoms with Gasteiger partial charge in [0.1, 0.15) is 13.2 Å². The van der Waals surface area contributed by atoms with Gasteiger partial charge in [-0.15, -0.1) is 0 Å². The van der Waals surface area contributed by atoms with Gasteiger partial charge in [0, 0.05) is 43.9 Å². The van der Waals surface area contributed by atoms with E-state index in [4.69, 9.17) is 26.2 Å². The molecule has 2 amide bonds. The van der Waals surface area contributed by atoms with Gasteiger partial charge in [-0.2, -0.15) is 0 Å². The molecule has 1 N–H and O–H groups in total. The SMILES string of the molecule is C.C.O=C(Cl)C1CCN(C(=O)OCC2c3ccccc3-c3ccccc32)CC1.O=C(O)C1CCN(C(=O)OCC2c3ccccc3-c3ccccc32)CC1. The number of amides is 2. The Morgan fingerprint density at radius 2 is 0.833 bits per heavy atom. The summed E-state index contributed by atoms with van der Waals surface area (Å²) in [6, 6.07) is 33.0. The molecule has 2 aliphatic heterocycles. The minimum Gasteiger partial charge on any atom is -0.481 e. The molecule has 2 saturated heterocycles. The number of benzene rings is 4. The average molecular weight is 753 g/mol. The first-order valence-corrected chi connectivity index (χ1v) is 18.3. The Morgan fingerprint density at radius 3 is 1.13 bits per heavy atom. The summed E-state index contributed by atoms with van der Waals surface area (Å²) in [5.41, 5.74) is 9.60. The molecule has 0 aromatic heterocycles. The zero-order valence-electron chi connectivity index (χ0n) is 28.8. The van der Waals surface area contributed by atoms with Crippen LogP contribution in [0.2, 0.25) is 0 Å². The fraction of sp³-hybridized carbons (Fsp3) is 0.364. The lowest BCUT2D eigenvalue weighted by Gasteiger charge is -2.30. The minimum atomic E-state index is -0.780. The molecule has 54 heavy (non-hydrogen) atoms. The Morgan fingerprint density at radius 1 is 0.537 bits per heavy atom. The summed E-state index contributed by atoms with van der Waals surface area (Å²) in [5.74, 6) is -1.17. The van der Waals surface area contributed by atoms with Gasteiger partial charge < -0.3 is 24.4 Å². The van der Waals surface area contributed by atoms with E-state index < -0.39 is 5.97 Å². The number of carbonyl (C=O) groups excluding carboxylic acids is 3. The molecule has 10 heteroatoms. The quantitative estimate of drug-likeness (QED) is 0.195. The third-order valence-corrected chi connectivity index (χ3v) is 11.2. The number of hydrogen-bond donors (Lipinski definition) is 1. The maximum absolute atomic E-state index is 12.4. The van der Waals surface area contributed by atoms with Crippen LogP contribution in [0.1, 0.15) is 74.6 Å². The van der Waals surface area contributed by atoms with E-state index in [-0.39, 0.29) is 56.0 Å². The topological polar surface area (TPSA) is 113 Å². The zero-order chi connectivity index (χ0) is 36.2. The summed E-state index contributed by atoms with van der Waals surface area (Å²) in [7, 11) is 0. The van der Waals surface area contributed by atoms with Crippen LogP contribution in [0.4, 0.5) is 9.59 Å². The molecular weight excluding hydrogens is 704 g/mol. The van der Waals surface area contributed by atoms with Crippen LogP contribution < -0.4 is 0 Å². The number of carbonyl (C=O) groups is 4. The predicted molar refractivity (Wildman–Crippen MR) is 211 cm³/mol. The number of halogens is 1. The Hall–Kier alpha value is -5.15. The summed E-state index contributed by atoms with van der Waals surface area (Å²) in [6.45, 7) is 2.52. The lowest BCUT2D eigenvalue weighted by Crippen LogP contribution is -2.40. The van der Waals surface area contributed by atoms with Gasteiger partial charge in [-0.05, 0) is 81.8 Å². The van der Waals surface area contributed by atoms with Crippen molar-refractivity contribution in [2.75, 3.05) is 39.4 Å². The van der Waals surface area contributed by atoms with Crippen molar-refractivity contribution in [2.24, 2.45) is 11.8 Å². The smallest absolute Gasteiger partial charge is 0.409 e. The highest BCUT2D eigenvalue weighted by molar-refractivity contribution is 6.64. The second-order valence-corrected chi connectivity index (χ2v) is 14.1. The normalized spacial score (nSPS) is 16.2. The van der Waals surface area contributed by atoms with Crippen molar-refractivity contribution >= 4 is 35.0 Å². The number of hydrogen-bond acceptors (Lipinski definition) is 6. The van der Waals surface area contributed by atoms with Crippen molar-refractivity contribution in [1.29, 1.82) is 0 Å². The number of carboxylic acid groups (broad SMARTS) is 1. The Balaban J connectivity index is 0.000000200. The molecule has 4 aliphatic rings. The van der Waals surface area contributed by atoms with E-state index in [1.165, 1.54) is 44.5 Å². The molecular formula is C44H49ClN2O7. The maximum atomic E-state index is 12.4. The van der Waals surface area contributed by atoms with Gasteiger partial charge in [0.15, 0.2) is 0 Å². The first-order chi connectivity index (χ1) is 25.3. The minimum absolute atomic E-state index is 0. The second-order valence-electron chi connectivity index (χ2n) is 13.8. The molecule has 0 spiro atoms. The van der Waals surface area contributed by atoms with Crippen molar-refractivity contribution in [3.05, 3.63) is 119 Å². The van der Waals surface area contributed by atoms with Gasteiger partial charge in [0.25, 0.3) is 0 Å². The molecule has 9 nitrogen and oxygen atoms in total. The number of fused-ring (bicyclic) bond motifs is 6. The number of carboxylic acids is 1. The van der Waals surface area contributed by atoms with Crippen molar-refractivity contribution in [3.63, 3.8) is 0 Å². The van der Waals surface area contributed by atoms with E-state index in [0.717, 1.165) is 0 Å². The molecule has 8 rings (SSSR count). The first kappa shape index (κ1) is 40.0. The lowest BCUT2D eigenvalue weighted by molar-refractivity contribution is -0.143. The number of likely N-dealkylation sites (tertiary alicyclic amines) is 2. The highest BCUT2D eigenvalue weighted by Gasteiger charge is 2.33. The average Bonchev–Trinajstić information content (AvgIpc) is 3.68. The molecule has 0 bridgehead atoms.